The van der Waals surface area contributed by atoms with Gasteiger partial charge in [-0.2, -0.15) is 0 Å². The maximum atomic E-state index is 11.7. The summed E-state index contributed by atoms with van der Waals surface area (Å²) in [5.74, 6) is 0.927. The molecule has 134 valence electrons. The molecule has 1 aliphatic rings. The summed E-state index contributed by atoms with van der Waals surface area (Å²) in [6, 6.07) is 7.84. The Morgan fingerprint density at radius 3 is 2.54 bits per heavy atom. The van der Waals surface area contributed by atoms with Crippen LogP contribution in [-0.4, -0.2) is 91.8 Å². The SMILES string of the molecule is Cc1cccc(OC[C@H](O)CN2CCN(CC(=O)N(C)C)CC2)c1. The van der Waals surface area contributed by atoms with Gasteiger partial charge in [-0.1, -0.05) is 12.1 Å². The van der Waals surface area contributed by atoms with Gasteiger partial charge >= 0.3 is 0 Å². The molecular formula is C18H29N3O3. The van der Waals surface area contributed by atoms with E-state index in [1.807, 2.05) is 31.2 Å². The lowest BCUT2D eigenvalue weighted by atomic mass is 10.2. The van der Waals surface area contributed by atoms with Crippen LogP contribution in [0.4, 0.5) is 0 Å². The predicted molar refractivity (Wildman–Crippen MR) is 94.3 cm³/mol. The van der Waals surface area contributed by atoms with Crippen molar-refractivity contribution in [1.82, 2.24) is 14.7 Å². The molecule has 0 aromatic heterocycles. The Balaban J connectivity index is 1.66. The lowest BCUT2D eigenvalue weighted by Gasteiger charge is -2.35. The molecule has 0 saturated carbocycles. The molecule has 1 heterocycles. The highest BCUT2D eigenvalue weighted by Gasteiger charge is 2.21. The normalized spacial score (nSPS) is 17.5. The van der Waals surface area contributed by atoms with Gasteiger partial charge < -0.3 is 14.7 Å². The molecule has 1 aromatic rings. The van der Waals surface area contributed by atoms with Crippen molar-refractivity contribution in [3.63, 3.8) is 0 Å². The van der Waals surface area contributed by atoms with Gasteiger partial charge in [0.15, 0.2) is 0 Å². The highest BCUT2D eigenvalue weighted by atomic mass is 16.5. The van der Waals surface area contributed by atoms with E-state index in [1.165, 1.54) is 0 Å². The van der Waals surface area contributed by atoms with Gasteiger partial charge in [0.1, 0.15) is 18.5 Å². The van der Waals surface area contributed by atoms with Crippen molar-refractivity contribution >= 4 is 5.91 Å². The highest BCUT2D eigenvalue weighted by molar-refractivity contribution is 5.77. The van der Waals surface area contributed by atoms with Crippen LogP contribution in [0.1, 0.15) is 5.56 Å². The van der Waals surface area contributed by atoms with E-state index in [9.17, 15) is 9.90 Å². The van der Waals surface area contributed by atoms with Crippen molar-refractivity contribution < 1.29 is 14.6 Å². The predicted octanol–water partition coefficient (Wildman–Crippen LogP) is 0.441. The van der Waals surface area contributed by atoms with Crippen molar-refractivity contribution in [1.29, 1.82) is 0 Å². The molecule has 0 radical (unpaired) electrons. The molecule has 6 nitrogen and oxygen atoms in total. The van der Waals surface area contributed by atoms with Gasteiger partial charge in [-0.15, -0.1) is 0 Å². The van der Waals surface area contributed by atoms with Gasteiger partial charge in [-0.25, -0.2) is 0 Å². The fourth-order valence-corrected chi connectivity index (χ4v) is 2.71. The minimum Gasteiger partial charge on any atom is -0.491 e. The minimum absolute atomic E-state index is 0.134. The molecule has 0 bridgehead atoms. The molecule has 0 aliphatic carbocycles. The van der Waals surface area contributed by atoms with Crippen molar-refractivity contribution in [2.24, 2.45) is 0 Å². The lowest BCUT2D eigenvalue weighted by Crippen LogP contribution is -2.51. The molecule has 1 saturated heterocycles. The lowest BCUT2D eigenvalue weighted by molar-refractivity contribution is -0.130. The fraction of sp³-hybridized carbons (Fsp3) is 0.611. The summed E-state index contributed by atoms with van der Waals surface area (Å²) < 4.78 is 5.65. The third kappa shape index (κ3) is 6.11. The average Bonchev–Trinajstić information content (AvgIpc) is 2.55. The Labute approximate surface area is 144 Å². The number of nitrogens with zero attached hydrogens (tertiary/aromatic N) is 3. The minimum atomic E-state index is -0.513. The molecule has 24 heavy (non-hydrogen) atoms. The molecule has 6 heteroatoms. The van der Waals surface area contributed by atoms with Crippen molar-refractivity contribution in [2.75, 3.05) is 60.0 Å². The summed E-state index contributed by atoms with van der Waals surface area (Å²) in [5.41, 5.74) is 1.14. The van der Waals surface area contributed by atoms with Crippen molar-refractivity contribution in [3.8, 4) is 5.75 Å². The van der Waals surface area contributed by atoms with E-state index in [1.54, 1.807) is 19.0 Å². The Morgan fingerprint density at radius 1 is 1.25 bits per heavy atom. The quantitative estimate of drug-likeness (QED) is 0.784. The van der Waals surface area contributed by atoms with Gasteiger partial charge in [0.2, 0.25) is 5.91 Å². The van der Waals surface area contributed by atoms with Gasteiger partial charge in [0.25, 0.3) is 0 Å². The third-order valence-corrected chi connectivity index (χ3v) is 4.22. The van der Waals surface area contributed by atoms with E-state index in [0.717, 1.165) is 37.5 Å². The number of rotatable bonds is 7. The summed E-state index contributed by atoms with van der Waals surface area (Å²) in [7, 11) is 3.56. The number of likely N-dealkylation sites (N-methyl/N-ethyl adjacent to an activating group) is 1. The first-order chi connectivity index (χ1) is 11.4. The molecule has 1 atom stereocenters. The van der Waals surface area contributed by atoms with Crippen LogP contribution < -0.4 is 4.74 Å². The van der Waals surface area contributed by atoms with Crippen LogP contribution in [0.3, 0.4) is 0 Å². The monoisotopic (exact) mass is 335 g/mol. The van der Waals surface area contributed by atoms with E-state index < -0.39 is 6.10 Å². The summed E-state index contributed by atoms with van der Waals surface area (Å²) in [4.78, 5) is 17.7. The molecule has 2 rings (SSSR count). The number of β-amino-alcohol motifs (C(OH)–C–C–N with tert-alkyl or cyclic N) is 1. The van der Waals surface area contributed by atoms with Gasteiger partial charge in [0, 0.05) is 46.8 Å². The second kappa shape index (κ2) is 9.01. The second-order valence-corrected chi connectivity index (χ2v) is 6.65. The van der Waals surface area contributed by atoms with E-state index in [4.69, 9.17) is 4.74 Å². The maximum absolute atomic E-state index is 11.7. The summed E-state index contributed by atoms with van der Waals surface area (Å²) >= 11 is 0. The molecule has 1 fully saturated rings. The van der Waals surface area contributed by atoms with E-state index in [2.05, 4.69) is 9.80 Å². The number of piperazine rings is 1. The van der Waals surface area contributed by atoms with Crippen LogP contribution in [0, 0.1) is 6.92 Å². The molecule has 0 unspecified atom stereocenters. The summed E-state index contributed by atoms with van der Waals surface area (Å²) in [6.45, 7) is 6.81. The molecule has 0 spiro atoms. The number of carbonyl (C=O) groups is 1. The zero-order chi connectivity index (χ0) is 17.5. The number of ether oxygens (including phenoxy) is 1. The van der Waals surface area contributed by atoms with E-state index >= 15 is 0 Å². The van der Waals surface area contributed by atoms with E-state index in [-0.39, 0.29) is 5.91 Å². The smallest absolute Gasteiger partial charge is 0.236 e. The maximum Gasteiger partial charge on any atom is 0.236 e. The zero-order valence-corrected chi connectivity index (χ0v) is 14.9. The molecule has 1 aromatic carbocycles. The Morgan fingerprint density at radius 2 is 1.92 bits per heavy atom. The van der Waals surface area contributed by atoms with Crippen LogP contribution in [0.15, 0.2) is 24.3 Å². The summed E-state index contributed by atoms with van der Waals surface area (Å²) in [6.07, 6.45) is -0.513. The number of hydrogen-bond donors (Lipinski definition) is 1. The Bertz CT molecular complexity index is 528. The van der Waals surface area contributed by atoms with Crippen molar-refractivity contribution in [3.05, 3.63) is 29.8 Å². The number of aliphatic hydroxyl groups excluding tert-OH is 1. The molecule has 1 N–H and O–H groups in total. The van der Waals surface area contributed by atoms with Crippen LogP contribution in [-0.2, 0) is 4.79 Å². The largest absolute Gasteiger partial charge is 0.491 e. The number of amides is 1. The number of hydrogen-bond acceptors (Lipinski definition) is 5. The van der Waals surface area contributed by atoms with Crippen molar-refractivity contribution in [2.45, 2.75) is 13.0 Å². The van der Waals surface area contributed by atoms with Crippen LogP contribution >= 0.6 is 0 Å². The van der Waals surface area contributed by atoms with Crippen LogP contribution in [0.2, 0.25) is 0 Å². The summed E-state index contributed by atoms with van der Waals surface area (Å²) in [5, 5.41) is 10.2. The van der Waals surface area contributed by atoms with Gasteiger partial charge in [-0.3, -0.25) is 14.6 Å². The first kappa shape index (κ1) is 18.7. The Kier molecular flexibility index (Phi) is 7.02. The second-order valence-electron chi connectivity index (χ2n) is 6.65. The first-order valence-corrected chi connectivity index (χ1v) is 8.46. The zero-order valence-electron chi connectivity index (χ0n) is 14.9. The van der Waals surface area contributed by atoms with Crippen LogP contribution in [0.25, 0.3) is 0 Å². The number of carbonyl (C=O) groups excluding carboxylic acids is 1. The number of aryl methyl sites for hydroxylation is 1. The molecular weight excluding hydrogens is 306 g/mol. The van der Waals surface area contributed by atoms with Crippen LogP contribution in [0.5, 0.6) is 5.75 Å². The highest BCUT2D eigenvalue weighted by Crippen LogP contribution is 2.13. The molecule has 1 aliphatic heterocycles. The fourth-order valence-electron chi connectivity index (χ4n) is 2.71. The van der Waals surface area contributed by atoms with E-state index in [0.29, 0.717) is 19.7 Å². The molecule has 1 amide bonds. The first-order valence-electron chi connectivity index (χ1n) is 8.46. The average molecular weight is 335 g/mol. The Hall–Kier alpha value is -1.63. The third-order valence-electron chi connectivity index (χ3n) is 4.22. The topological polar surface area (TPSA) is 56.3 Å². The standard InChI is InChI=1S/C18H29N3O3/c1-15-5-4-6-17(11-15)24-14-16(22)12-20-7-9-21(10-8-20)13-18(23)19(2)3/h4-6,11,16,22H,7-10,12-14H2,1-3H3/t16-/m1/s1. The number of aliphatic hydroxyl groups is 1. The number of benzene rings is 1. The van der Waals surface area contributed by atoms with Gasteiger partial charge in [-0.05, 0) is 24.6 Å². The van der Waals surface area contributed by atoms with Gasteiger partial charge in [0.05, 0.1) is 6.54 Å².